The van der Waals surface area contributed by atoms with E-state index in [1.54, 1.807) is 25.1 Å². The van der Waals surface area contributed by atoms with Crippen LogP contribution in [0.4, 0.5) is 13.2 Å². The van der Waals surface area contributed by atoms with E-state index in [2.05, 4.69) is 0 Å². The number of hydrogen-bond acceptors (Lipinski definition) is 0. The standard InChI is InChI=1S/C10H11F3/c1-2-9(10(11,12)13)8-6-4-3-5-7-8/h3-7,9H,2H2,1H3/t9-/m1/s1. The van der Waals surface area contributed by atoms with Crippen LogP contribution in [-0.2, 0) is 0 Å². The largest absolute Gasteiger partial charge is 0.395 e. The van der Waals surface area contributed by atoms with Gasteiger partial charge in [-0.15, -0.1) is 0 Å². The molecule has 72 valence electrons. The molecule has 0 nitrogen and oxygen atoms in total. The summed E-state index contributed by atoms with van der Waals surface area (Å²) < 4.78 is 37.2. The highest BCUT2D eigenvalue weighted by Gasteiger charge is 2.38. The Morgan fingerprint density at radius 2 is 1.69 bits per heavy atom. The summed E-state index contributed by atoms with van der Waals surface area (Å²) >= 11 is 0. The van der Waals surface area contributed by atoms with E-state index >= 15 is 0 Å². The van der Waals surface area contributed by atoms with Crippen LogP contribution in [-0.4, -0.2) is 6.18 Å². The summed E-state index contributed by atoms with van der Waals surface area (Å²) in [5, 5.41) is 0. The maximum atomic E-state index is 12.4. The van der Waals surface area contributed by atoms with Crippen LogP contribution in [0.5, 0.6) is 0 Å². The fourth-order valence-corrected chi connectivity index (χ4v) is 1.34. The highest BCUT2D eigenvalue weighted by atomic mass is 19.4. The quantitative estimate of drug-likeness (QED) is 0.663. The molecule has 3 heteroatoms. The Hall–Kier alpha value is -0.990. The van der Waals surface area contributed by atoms with Gasteiger partial charge in [-0.05, 0) is 12.0 Å². The van der Waals surface area contributed by atoms with E-state index in [1.165, 1.54) is 12.1 Å². The lowest BCUT2D eigenvalue weighted by Gasteiger charge is -2.18. The third kappa shape index (κ3) is 2.47. The van der Waals surface area contributed by atoms with E-state index in [9.17, 15) is 13.2 Å². The first kappa shape index (κ1) is 10.1. The highest BCUT2D eigenvalue weighted by molar-refractivity contribution is 5.20. The first-order valence-corrected chi connectivity index (χ1v) is 4.17. The predicted molar refractivity (Wildman–Crippen MR) is 45.5 cm³/mol. The van der Waals surface area contributed by atoms with Crippen molar-refractivity contribution in [2.75, 3.05) is 0 Å². The van der Waals surface area contributed by atoms with Gasteiger partial charge in [-0.25, -0.2) is 0 Å². The van der Waals surface area contributed by atoms with E-state index in [0.717, 1.165) is 0 Å². The topological polar surface area (TPSA) is 0 Å². The van der Waals surface area contributed by atoms with E-state index in [4.69, 9.17) is 0 Å². The van der Waals surface area contributed by atoms with Gasteiger partial charge in [0.05, 0.1) is 5.92 Å². The molecule has 1 rings (SSSR count). The van der Waals surface area contributed by atoms with Crippen LogP contribution in [0.25, 0.3) is 0 Å². The molecule has 0 saturated heterocycles. The van der Waals surface area contributed by atoms with Crippen LogP contribution in [0.1, 0.15) is 24.8 Å². The maximum absolute atomic E-state index is 12.4. The van der Waals surface area contributed by atoms with Gasteiger partial charge in [0.1, 0.15) is 0 Å². The highest BCUT2D eigenvalue weighted by Crippen LogP contribution is 2.36. The zero-order chi connectivity index (χ0) is 9.90. The van der Waals surface area contributed by atoms with E-state index in [0.29, 0.717) is 5.56 Å². The van der Waals surface area contributed by atoms with Crippen molar-refractivity contribution < 1.29 is 13.2 Å². The zero-order valence-electron chi connectivity index (χ0n) is 7.31. The van der Waals surface area contributed by atoms with Gasteiger partial charge in [0.2, 0.25) is 0 Å². The molecule has 1 atom stereocenters. The van der Waals surface area contributed by atoms with Gasteiger partial charge >= 0.3 is 6.18 Å². The zero-order valence-corrected chi connectivity index (χ0v) is 7.31. The molecule has 0 radical (unpaired) electrons. The third-order valence-electron chi connectivity index (χ3n) is 2.01. The van der Waals surface area contributed by atoms with Crippen molar-refractivity contribution in [1.82, 2.24) is 0 Å². The minimum Gasteiger partial charge on any atom is -0.170 e. The summed E-state index contributed by atoms with van der Waals surface area (Å²) in [6.07, 6.45) is -4.04. The smallest absolute Gasteiger partial charge is 0.170 e. The number of benzene rings is 1. The predicted octanol–water partition coefficient (Wildman–Crippen LogP) is 3.74. The van der Waals surface area contributed by atoms with Gasteiger partial charge in [-0.2, -0.15) is 13.2 Å². The molecule has 13 heavy (non-hydrogen) atoms. The molecule has 0 aliphatic heterocycles. The van der Waals surface area contributed by atoms with Crippen LogP contribution < -0.4 is 0 Å². The molecule has 0 saturated carbocycles. The average Bonchev–Trinajstić information content (AvgIpc) is 2.05. The second-order valence-corrected chi connectivity index (χ2v) is 2.91. The van der Waals surface area contributed by atoms with Crippen molar-refractivity contribution >= 4 is 0 Å². The molecule has 1 aromatic rings. The minimum absolute atomic E-state index is 0.0908. The normalized spacial score (nSPS) is 14.2. The summed E-state index contributed by atoms with van der Waals surface area (Å²) in [6, 6.07) is 8.00. The molecule has 0 fully saturated rings. The van der Waals surface area contributed by atoms with Crippen LogP contribution in [0.2, 0.25) is 0 Å². The lowest BCUT2D eigenvalue weighted by Crippen LogP contribution is -2.19. The lowest BCUT2D eigenvalue weighted by molar-refractivity contribution is -0.151. The van der Waals surface area contributed by atoms with Gasteiger partial charge in [0.25, 0.3) is 0 Å². The second-order valence-electron chi connectivity index (χ2n) is 2.91. The Morgan fingerprint density at radius 3 is 2.08 bits per heavy atom. The first-order valence-electron chi connectivity index (χ1n) is 4.17. The van der Waals surface area contributed by atoms with Crippen molar-refractivity contribution in [2.24, 2.45) is 0 Å². The molecule has 0 aromatic heterocycles. The Balaban J connectivity index is 2.92. The molecular formula is C10H11F3. The second kappa shape index (κ2) is 3.81. The number of hydrogen-bond donors (Lipinski definition) is 0. The third-order valence-corrected chi connectivity index (χ3v) is 2.01. The molecule has 1 aromatic carbocycles. The van der Waals surface area contributed by atoms with Crippen molar-refractivity contribution in [3.63, 3.8) is 0 Å². The number of halogens is 3. The fourth-order valence-electron chi connectivity index (χ4n) is 1.34. The van der Waals surface area contributed by atoms with E-state index in [1.807, 2.05) is 0 Å². The van der Waals surface area contributed by atoms with Gasteiger partial charge in [-0.3, -0.25) is 0 Å². The molecule has 0 aliphatic rings. The average molecular weight is 188 g/mol. The molecule has 0 amide bonds. The SMILES string of the molecule is CC[C@H](c1ccccc1)C(F)(F)F. The number of rotatable bonds is 2. The molecular weight excluding hydrogens is 177 g/mol. The molecule has 0 aliphatic carbocycles. The van der Waals surface area contributed by atoms with Crippen molar-refractivity contribution in [2.45, 2.75) is 25.4 Å². The first-order chi connectivity index (χ1) is 6.05. The van der Waals surface area contributed by atoms with Gasteiger partial charge in [0, 0.05) is 0 Å². The summed E-state index contributed by atoms with van der Waals surface area (Å²) in [4.78, 5) is 0. The van der Waals surface area contributed by atoms with Crippen LogP contribution in [0.3, 0.4) is 0 Å². The molecule has 0 spiro atoms. The van der Waals surface area contributed by atoms with Crippen LogP contribution >= 0.6 is 0 Å². The monoisotopic (exact) mass is 188 g/mol. The van der Waals surface area contributed by atoms with E-state index in [-0.39, 0.29) is 6.42 Å². The summed E-state index contributed by atoms with van der Waals surface area (Å²) in [5.74, 6) is -1.33. The molecule has 0 N–H and O–H groups in total. The van der Waals surface area contributed by atoms with Crippen molar-refractivity contribution in [3.05, 3.63) is 35.9 Å². The Kier molecular flexibility index (Phi) is 2.96. The van der Waals surface area contributed by atoms with E-state index < -0.39 is 12.1 Å². The minimum atomic E-state index is -4.13. The van der Waals surface area contributed by atoms with Crippen LogP contribution in [0.15, 0.2) is 30.3 Å². The maximum Gasteiger partial charge on any atom is 0.395 e. The van der Waals surface area contributed by atoms with Crippen molar-refractivity contribution in [3.8, 4) is 0 Å². The van der Waals surface area contributed by atoms with Crippen LogP contribution in [0, 0.1) is 0 Å². The molecule has 0 heterocycles. The number of alkyl halides is 3. The lowest BCUT2D eigenvalue weighted by atomic mass is 9.96. The molecule has 0 unspecified atom stereocenters. The van der Waals surface area contributed by atoms with Crippen molar-refractivity contribution in [1.29, 1.82) is 0 Å². The Morgan fingerprint density at radius 1 is 1.15 bits per heavy atom. The molecule has 0 bridgehead atoms. The van der Waals surface area contributed by atoms with Gasteiger partial charge < -0.3 is 0 Å². The van der Waals surface area contributed by atoms with Gasteiger partial charge in [-0.1, -0.05) is 37.3 Å². The Bertz CT molecular complexity index is 251. The Labute approximate surface area is 75.4 Å². The summed E-state index contributed by atoms with van der Waals surface area (Å²) in [7, 11) is 0. The summed E-state index contributed by atoms with van der Waals surface area (Å²) in [6.45, 7) is 1.55. The van der Waals surface area contributed by atoms with Gasteiger partial charge in [0.15, 0.2) is 0 Å². The summed E-state index contributed by atoms with van der Waals surface area (Å²) in [5.41, 5.74) is 0.345. The fraction of sp³-hybridized carbons (Fsp3) is 0.400.